The molecule has 2 amide bonds. The lowest BCUT2D eigenvalue weighted by Crippen LogP contribution is -2.47. The molecule has 2 aromatic heterocycles. The van der Waals surface area contributed by atoms with E-state index in [0.29, 0.717) is 50.0 Å². The Balaban J connectivity index is 1.43. The molecule has 0 atom stereocenters. The van der Waals surface area contributed by atoms with Crippen LogP contribution in [0.2, 0.25) is 0 Å². The van der Waals surface area contributed by atoms with Crippen LogP contribution in [0.1, 0.15) is 50.6 Å². The predicted molar refractivity (Wildman–Crippen MR) is 145 cm³/mol. The predicted octanol–water partition coefficient (Wildman–Crippen LogP) is 4.11. The maximum atomic E-state index is 13.9. The molecule has 2 saturated heterocycles. The number of nitrogens with one attached hydrogen (secondary N) is 2. The van der Waals surface area contributed by atoms with Gasteiger partial charge in [-0.15, -0.1) is 0 Å². The van der Waals surface area contributed by atoms with Gasteiger partial charge in [-0.25, -0.2) is 9.78 Å². The molecule has 2 aliphatic rings. The topological polar surface area (TPSA) is 101 Å². The molecule has 5 rings (SSSR count). The number of aromatic nitrogens is 3. The Bertz CT molecular complexity index is 1310. The molecule has 0 unspecified atom stereocenters. The lowest BCUT2D eigenvalue weighted by molar-refractivity contribution is 0.0697. The monoisotopic (exact) mass is 504 g/mol. The first-order valence-corrected chi connectivity index (χ1v) is 13.4. The first kappa shape index (κ1) is 25.2. The molecule has 2 N–H and O–H groups in total. The molecule has 0 aliphatic carbocycles. The summed E-state index contributed by atoms with van der Waals surface area (Å²) in [6.45, 7) is 7.41. The second-order valence-electron chi connectivity index (χ2n) is 10.0. The van der Waals surface area contributed by atoms with E-state index in [1.165, 1.54) is 0 Å². The SMILES string of the molecule is CCCNC(=O)N1CCC(Nc2ncc3cc(-c4ccccc4C)c(=O)n(C4CCOCC4)c3n2)CC1. The Morgan fingerprint density at radius 3 is 2.59 bits per heavy atom. The number of carbonyl (C=O) groups is 1. The number of amides is 2. The van der Waals surface area contributed by atoms with Crippen molar-refractivity contribution < 1.29 is 9.53 Å². The summed E-state index contributed by atoms with van der Waals surface area (Å²) < 4.78 is 7.45. The summed E-state index contributed by atoms with van der Waals surface area (Å²) in [5, 5.41) is 7.25. The number of hydrogen-bond donors (Lipinski definition) is 2. The summed E-state index contributed by atoms with van der Waals surface area (Å²) in [6.07, 6.45) is 5.93. The van der Waals surface area contributed by atoms with Crippen molar-refractivity contribution in [2.75, 3.05) is 38.2 Å². The van der Waals surface area contributed by atoms with Gasteiger partial charge in [-0.1, -0.05) is 31.2 Å². The molecule has 37 heavy (non-hydrogen) atoms. The number of fused-ring (bicyclic) bond motifs is 1. The average Bonchev–Trinajstić information content (AvgIpc) is 2.93. The molecule has 4 heterocycles. The van der Waals surface area contributed by atoms with Crippen LogP contribution >= 0.6 is 0 Å². The standard InChI is InChI=1S/C28H36N6O3/c1-3-12-29-28(36)33-13-8-21(9-14-33)31-27-30-18-20-17-24(23-7-5-4-6-19(23)2)26(35)34(25(20)32-27)22-10-15-37-16-11-22/h4-7,17-18,21-22H,3,8-16H2,1-2H3,(H,29,36)(H,30,31,32). The molecular formula is C28H36N6O3. The fraction of sp³-hybridized carbons (Fsp3) is 0.500. The highest BCUT2D eigenvalue weighted by Gasteiger charge is 2.25. The first-order valence-electron chi connectivity index (χ1n) is 13.4. The van der Waals surface area contributed by atoms with Crippen molar-refractivity contribution in [1.82, 2.24) is 24.8 Å². The van der Waals surface area contributed by atoms with Crippen LogP contribution in [0.3, 0.4) is 0 Å². The number of urea groups is 1. The zero-order chi connectivity index (χ0) is 25.8. The Hall–Kier alpha value is -3.46. The van der Waals surface area contributed by atoms with Gasteiger partial charge < -0.3 is 20.3 Å². The van der Waals surface area contributed by atoms with Crippen molar-refractivity contribution in [2.45, 2.75) is 58.0 Å². The van der Waals surface area contributed by atoms with Crippen LogP contribution in [0, 0.1) is 6.92 Å². The van der Waals surface area contributed by atoms with Crippen molar-refractivity contribution >= 4 is 23.0 Å². The Labute approximate surface area is 217 Å². The molecule has 196 valence electrons. The number of carbonyl (C=O) groups excluding carboxylic acids is 1. The third-order valence-corrected chi connectivity index (χ3v) is 7.41. The van der Waals surface area contributed by atoms with E-state index in [4.69, 9.17) is 9.72 Å². The van der Waals surface area contributed by atoms with Crippen molar-refractivity contribution in [1.29, 1.82) is 0 Å². The maximum Gasteiger partial charge on any atom is 0.317 e. The number of ether oxygens (including phenoxy) is 1. The normalized spacial score (nSPS) is 17.2. The highest BCUT2D eigenvalue weighted by molar-refractivity contribution is 5.82. The molecule has 0 bridgehead atoms. The number of pyridine rings is 1. The summed E-state index contributed by atoms with van der Waals surface area (Å²) in [7, 11) is 0. The highest BCUT2D eigenvalue weighted by atomic mass is 16.5. The molecule has 2 fully saturated rings. The van der Waals surface area contributed by atoms with Gasteiger partial charge in [-0.3, -0.25) is 9.36 Å². The number of likely N-dealkylation sites (tertiary alicyclic amines) is 1. The minimum atomic E-state index is -0.0234. The average molecular weight is 505 g/mol. The molecule has 0 radical (unpaired) electrons. The Morgan fingerprint density at radius 2 is 1.86 bits per heavy atom. The first-order chi connectivity index (χ1) is 18.0. The van der Waals surface area contributed by atoms with E-state index in [1.807, 2.05) is 59.8 Å². The van der Waals surface area contributed by atoms with Crippen molar-refractivity contribution in [3.63, 3.8) is 0 Å². The minimum absolute atomic E-state index is 0.00666. The number of nitrogens with zero attached hydrogens (tertiary/aromatic N) is 4. The van der Waals surface area contributed by atoms with Gasteiger partial charge >= 0.3 is 6.03 Å². The zero-order valence-corrected chi connectivity index (χ0v) is 21.7. The van der Waals surface area contributed by atoms with Gasteiger partial charge in [0.15, 0.2) is 0 Å². The van der Waals surface area contributed by atoms with Crippen molar-refractivity contribution in [3.8, 4) is 11.1 Å². The summed E-state index contributed by atoms with van der Waals surface area (Å²) in [5.41, 5.74) is 3.31. The number of rotatable bonds is 6. The van der Waals surface area contributed by atoms with Crippen LogP contribution < -0.4 is 16.2 Å². The van der Waals surface area contributed by atoms with Gasteiger partial charge in [0, 0.05) is 62.1 Å². The van der Waals surface area contributed by atoms with Crippen LogP contribution in [0.5, 0.6) is 0 Å². The lowest BCUT2D eigenvalue weighted by Gasteiger charge is -2.32. The number of hydrogen-bond acceptors (Lipinski definition) is 6. The van der Waals surface area contributed by atoms with E-state index in [0.717, 1.165) is 48.6 Å². The van der Waals surface area contributed by atoms with Crippen LogP contribution in [-0.2, 0) is 4.74 Å². The molecule has 3 aromatic rings. The smallest absolute Gasteiger partial charge is 0.317 e. The molecule has 1 aromatic carbocycles. The summed E-state index contributed by atoms with van der Waals surface area (Å²) in [4.78, 5) is 37.5. The summed E-state index contributed by atoms with van der Waals surface area (Å²) in [6, 6.07) is 10.1. The summed E-state index contributed by atoms with van der Waals surface area (Å²) >= 11 is 0. The number of aryl methyl sites for hydroxylation is 1. The van der Waals surface area contributed by atoms with Crippen molar-refractivity contribution in [2.24, 2.45) is 0 Å². The molecule has 9 nitrogen and oxygen atoms in total. The number of benzene rings is 1. The zero-order valence-electron chi connectivity index (χ0n) is 21.7. The molecule has 2 aliphatic heterocycles. The van der Waals surface area contributed by atoms with E-state index in [1.54, 1.807) is 0 Å². The van der Waals surface area contributed by atoms with Crippen LogP contribution in [-0.4, -0.2) is 64.4 Å². The highest BCUT2D eigenvalue weighted by Crippen LogP contribution is 2.28. The van der Waals surface area contributed by atoms with E-state index < -0.39 is 0 Å². The Morgan fingerprint density at radius 1 is 1.11 bits per heavy atom. The third-order valence-electron chi connectivity index (χ3n) is 7.41. The molecular weight excluding hydrogens is 468 g/mol. The van der Waals surface area contributed by atoms with Crippen molar-refractivity contribution in [3.05, 3.63) is 52.4 Å². The van der Waals surface area contributed by atoms with Crippen LogP contribution in [0.15, 0.2) is 41.3 Å². The van der Waals surface area contributed by atoms with E-state index in [2.05, 4.69) is 15.6 Å². The second-order valence-corrected chi connectivity index (χ2v) is 10.0. The van der Waals surface area contributed by atoms with Crippen LogP contribution in [0.25, 0.3) is 22.2 Å². The summed E-state index contributed by atoms with van der Waals surface area (Å²) in [5.74, 6) is 0.519. The van der Waals surface area contributed by atoms with Crippen LogP contribution in [0.4, 0.5) is 10.7 Å². The lowest BCUT2D eigenvalue weighted by atomic mass is 10.00. The van der Waals surface area contributed by atoms with E-state index in [-0.39, 0.29) is 23.7 Å². The fourth-order valence-corrected chi connectivity index (χ4v) is 5.29. The van der Waals surface area contributed by atoms with Gasteiger partial charge in [0.05, 0.1) is 0 Å². The van der Waals surface area contributed by atoms with Gasteiger partial charge in [0.2, 0.25) is 5.95 Å². The molecule has 0 spiro atoms. The number of piperidine rings is 1. The van der Waals surface area contributed by atoms with Gasteiger partial charge in [0.1, 0.15) is 5.65 Å². The quantitative estimate of drug-likeness (QED) is 0.524. The van der Waals surface area contributed by atoms with Gasteiger partial charge in [0.25, 0.3) is 5.56 Å². The third kappa shape index (κ3) is 5.46. The fourth-order valence-electron chi connectivity index (χ4n) is 5.29. The molecule has 0 saturated carbocycles. The second kappa shape index (κ2) is 11.3. The van der Waals surface area contributed by atoms with Gasteiger partial charge in [-0.2, -0.15) is 4.98 Å². The van der Waals surface area contributed by atoms with E-state index in [9.17, 15) is 9.59 Å². The van der Waals surface area contributed by atoms with E-state index >= 15 is 0 Å². The largest absolute Gasteiger partial charge is 0.381 e. The maximum absolute atomic E-state index is 13.9. The molecule has 9 heteroatoms. The number of anilines is 1. The Kier molecular flexibility index (Phi) is 7.69. The minimum Gasteiger partial charge on any atom is -0.381 e. The van der Waals surface area contributed by atoms with Gasteiger partial charge in [-0.05, 0) is 56.2 Å².